The van der Waals surface area contributed by atoms with Crippen LogP contribution in [0.1, 0.15) is 55.9 Å². The highest BCUT2D eigenvalue weighted by Gasteiger charge is 2.32. The van der Waals surface area contributed by atoms with Crippen LogP contribution in [0, 0.1) is 22.7 Å². The number of rotatable bonds is 8. The van der Waals surface area contributed by atoms with Crippen LogP contribution in [0.5, 0.6) is 0 Å². The number of hydrogen-bond acceptors (Lipinski definition) is 7. The molecule has 4 rings (SSSR count). The average molecular weight is 606 g/mol. The van der Waals surface area contributed by atoms with Crippen molar-refractivity contribution >= 4 is 68.8 Å². The first-order valence-corrected chi connectivity index (χ1v) is 15.2. The predicted octanol–water partition coefficient (Wildman–Crippen LogP) is 6.60. The first-order chi connectivity index (χ1) is 18.5. The van der Waals surface area contributed by atoms with Crippen LogP contribution in [0.15, 0.2) is 23.4 Å². The topological polar surface area (TPSA) is 113 Å². The third-order valence-corrected chi connectivity index (χ3v) is 9.69. The molecule has 0 unspecified atom stereocenters. The maximum Gasteiger partial charge on any atom is 0.235 e. The summed E-state index contributed by atoms with van der Waals surface area (Å²) in [6.07, 6.45) is 2.85. The summed E-state index contributed by atoms with van der Waals surface area (Å²) in [5.41, 5.74) is 2.41. The van der Waals surface area contributed by atoms with Crippen molar-refractivity contribution in [2.45, 2.75) is 65.1 Å². The fourth-order valence-electron chi connectivity index (χ4n) is 4.62. The molecule has 0 saturated carbocycles. The molecule has 1 aliphatic carbocycles. The maximum atomic E-state index is 12.9. The van der Waals surface area contributed by atoms with E-state index in [1.807, 2.05) is 11.5 Å². The van der Waals surface area contributed by atoms with Crippen LogP contribution in [-0.2, 0) is 35.4 Å². The molecule has 1 aliphatic rings. The standard InChI is InChI=1S/C27H30Cl2N6O2S2/c1-5-35-22(12-23(36)31-16-7-9-19(28)20(29)11-16)33-34-26(35)38-14-24(37)32-25-18(13-30)17-8-6-15(27(2,3)4)10-21(17)39-25/h7,9,11,15H,5-6,8,10,12,14H2,1-4H3,(H,31,36)(H,32,37)/t15-/m1/s1. The molecule has 0 saturated heterocycles. The van der Waals surface area contributed by atoms with Gasteiger partial charge in [-0.15, -0.1) is 21.5 Å². The van der Waals surface area contributed by atoms with Crippen molar-refractivity contribution in [2.75, 3.05) is 16.4 Å². The lowest BCUT2D eigenvalue weighted by molar-refractivity contribution is -0.116. The number of hydrogen-bond donors (Lipinski definition) is 2. The van der Waals surface area contributed by atoms with Crippen LogP contribution < -0.4 is 10.6 Å². The molecule has 0 fully saturated rings. The number of nitrogens with one attached hydrogen (secondary N) is 2. The number of amides is 2. The quantitative estimate of drug-likeness (QED) is 0.280. The smallest absolute Gasteiger partial charge is 0.235 e. The fraction of sp³-hybridized carbons (Fsp3) is 0.444. The summed E-state index contributed by atoms with van der Waals surface area (Å²) in [4.78, 5) is 26.6. The Kier molecular flexibility index (Phi) is 9.27. The van der Waals surface area contributed by atoms with Gasteiger partial charge in [0.15, 0.2) is 5.16 Å². The number of halogens is 2. The Morgan fingerprint density at radius 3 is 2.64 bits per heavy atom. The molecule has 0 radical (unpaired) electrons. The van der Waals surface area contributed by atoms with E-state index < -0.39 is 0 Å². The number of thiophene rings is 1. The Bertz CT molecular complexity index is 1440. The number of carbonyl (C=O) groups excluding carboxylic acids is 2. The minimum absolute atomic E-state index is 0.00960. The second-order valence-corrected chi connectivity index (χ2v) is 13.3. The van der Waals surface area contributed by atoms with Gasteiger partial charge in [-0.05, 0) is 61.3 Å². The number of benzene rings is 1. The average Bonchev–Trinajstić information content (AvgIpc) is 3.43. The number of nitrogens with zero attached hydrogens (tertiary/aromatic N) is 4. The van der Waals surface area contributed by atoms with Crippen molar-refractivity contribution in [3.63, 3.8) is 0 Å². The SMILES string of the molecule is CCn1c(CC(=O)Nc2ccc(Cl)c(Cl)c2)nnc1SCC(=O)Nc1sc2c(c1C#N)CC[C@@H](C(C)(C)C)C2. The monoisotopic (exact) mass is 604 g/mol. The number of aromatic nitrogens is 3. The lowest BCUT2D eigenvalue weighted by Gasteiger charge is -2.33. The predicted molar refractivity (Wildman–Crippen MR) is 158 cm³/mol. The number of anilines is 2. The van der Waals surface area contributed by atoms with Crippen molar-refractivity contribution in [3.8, 4) is 6.07 Å². The van der Waals surface area contributed by atoms with Gasteiger partial charge < -0.3 is 15.2 Å². The Labute approximate surface area is 246 Å². The zero-order valence-electron chi connectivity index (χ0n) is 22.2. The summed E-state index contributed by atoms with van der Waals surface area (Å²) >= 11 is 14.7. The zero-order chi connectivity index (χ0) is 28.3. The molecule has 2 aromatic heterocycles. The third kappa shape index (κ3) is 6.95. The third-order valence-electron chi connectivity index (χ3n) is 6.82. The Morgan fingerprint density at radius 2 is 1.97 bits per heavy atom. The van der Waals surface area contributed by atoms with E-state index in [0.717, 1.165) is 24.8 Å². The van der Waals surface area contributed by atoms with Gasteiger partial charge in [-0.2, -0.15) is 5.26 Å². The van der Waals surface area contributed by atoms with Gasteiger partial charge in [0, 0.05) is 17.1 Å². The Hall–Kier alpha value is -2.58. The van der Waals surface area contributed by atoms with Gasteiger partial charge in [0.25, 0.3) is 0 Å². The normalized spacial score (nSPS) is 14.9. The van der Waals surface area contributed by atoms with Crippen LogP contribution in [0.3, 0.4) is 0 Å². The molecule has 2 heterocycles. The second kappa shape index (κ2) is 12.3. The number of nitriles is 1. The van der Waals surface area contributed by atoms with E-state index in [1.165, 1.54) is 28.0 Å². The molecular weight excluding hydrogens is 575 g/mol. The number of carbonyl (C=O) groups is 2. The Balaban J connectivity index is 1.37. The molecule has 1 aromatic carbocycles. The van der Waals surface area contributed by atoms with Crippen molar-refractivity contribution < 1.29 is 9.59 Å². The van der Waals surface area contributed by atoms with Gasteiger partial charge in [0.2, 0.25) is 11.8 Å². The van der Waals surface area contributed by atoms with E-state index in [0.29, 0.717) is 49.7 Å². The van der Waals surface area contributed by atoms with Crippen LogP contribution >= 0.6 is 46.3 Å². The zero-order valence-corrected chi connectivity index (χ0v) is 25.4. The van der Waals surface area contributed by atoms with Gasteiger partial charge in [0.05, 0.1) is 27.8 Å². The minimum Gasteiger partial charge on any atom is -0.326 e. The molecule has 12 heteroatoms. The molecule has 1 atom stereocenters. The van der Waals surface area contributed by atoms with Gasteiger partial charge in [-0.3, -0.25) is 9.59 Å². The highest BCUT2D eigenvalue weighted by molar-refractivity contribution is 7.99. The molecule has 206 valence electrons. The number of thioether (sulfide) groups is 1. The van der Waals surface area contributed by atoms with E-state index in [1.54, 1.807) is 18.2 Å². The van der Waals surface area contributed by atoms with Crippen LogP contribution in [0.2, 0.25) is 10.0 Å². The summed E-state index contributed by atoms with van der Waals surface area (Å²) in [5.74, 6) is 0.654. The lowest BCUT2D eigenvalue weighted by Crippen LogP contribution is -2.26. The molecule has 8 nitrogen and oxygen atoms in total. The largest absolute Gasteiger partial charge is 0.326 e. The molecule has 2 amide bonds. The van der Waals surface area contributed by atoms with Gasteiger partial charge in [-0.1, -0.05) is 55.7 Å². The highest BCUT2D eigenvalue weighted by atomic mass is 35.5. The molecule has 2 N–H and O–H groups in total. The summed E-state index contributed by atoms with van der Waals surface area (Å²) < 4.78 is 1.81. The minimum atomic E-state index is -0.274. The van der Waals surface area contributed by atoms with E-state index in [9.17, 15) is 14.9 Å². The van der Waals surface area contributed by atoms with Crippen LogP contribution in [0.25, 0.3) is 0 Å². The first kappa shape index (κ1) is 29.4. The molecule has 0 spiro atoms. The fourth-order valence-corrected chi connectivity index (χ4v) is 7.03. The van der Waals surface area contributed by atoms with E-state index in [-0.39, 0.29) is 29.4 Å². The van der Waals surface area contributed by atoms with Crippen molar-refractivity contribution in [3.05, 3.63) is 50.1 Å². The Morgan fingerprint density at radius 1 is 1.21 bits per heavy atom. The van der Waals surface area contributed by atoms with E-state index in [4.69, 9.17) is 23.2 Å². The van der Waals surface area contributed by atoms with E-state index in [2.05, 4.69) is 47.7 Å². The maximum absolute atomic E-state index is 12.9. The molecular formula is C27H30Cl2N6O2S2. The van der Waals surface area contributed by atoms with E-state index >= 15 is 0 Å². The second-order valence-electron chi connectivity index (χ2n) is 10.5. The van der Waals surface area contributed by atoms with Gasteiger partial charge in [-0.25, -0.2) is 0 Å². The van der Waals surface area contributed by atoms with Crippen molar-refractivity contribution in [2.24, 2.45) is 11.3 Å². The molecule has 0 bridgehead atoms. The molecule has 3 aromatic rings. The van der Waals surface area contributed by atoms with Crippen LogP contribution in [-0.4, -0.2) is 32.3 Å². The van der Waals surface area contributed by atoms with Crippen molar-refractivity contribution in [1.29, 1.82) is 5.26 Å². The summed E-state index contributed by atoms with van der Waals surface area (Å²) in [6, 6.07) is 7.17. The highest BCUT2D eigenvalue weighted by Crippen LogP contribution is 2.44. The summed E-state index contributed by atoms with van der Waals surface area (Å²) in [7, 11) is 0. The summed E-state index contributed by atoms with van der Waals surface area (Å²) in [5, 5.41) is 25.8. The molecule has 39 heavy (non-hydrogen) atoms. The summed E-state index contributed by atoms with van der Waals surface area (Å²) in [6.45, 7) is 9.23. The molecule has 0 aliphatic heterocycles. The lowest BCUT2D eigenvalue weighted by atomic mass is 9.72. The van der Waals surface area contributed by atoms with Gasteiger partial charge in [0.1, 0.15) is 16.9 Å². The van der Waals surface area contributed by atoms with Crippen molar-refractivity contribution in [1.82, 2.24) is 14.8 Å². The van der Waals surface area contributed by atoms with Gasteiger partial charge >= 0.3 is 0 Å². The first-order valence-electron chi connectivity index (χ1n) is 12.6. The van der Waals surface area contributed by atoms with Crippen LogP contribution in [0.4, 0.5) is 10.7 Å². The number of fused-ring (bicyclic) bond motifs is 1.